The molecule has 0 radical (unpaired) electrons. The summed E-state index contributed by atoms with van der Waals surface area (Å²) >= 11 is 1.81. The van der Waals surface area contributed by atoms with Gasteiger partial charge in [-0.15, -0.1) is 11.8 Å². The van der Waals surface area contributed by atoms with E-state index >= 15 is 0 Å². The molecular formula is C33H47NO5S. The Labute approximate surface area is 244 Å². The van der Waals surface area contributed by atoms with Crippen molar-refractivity contribution in [2.24, 2.45) is 35.5 Å². The van der Waals surface area contributed by atoms with Crippen LogP contribution in [0.4, 0.5) is 0 Å². The lowest BCUT2D eigenvalue weighted by Gasteiger charge is -2.32. The minimum Gasteiger partial charge on any atom is -0.425 e. The fourth-order valence-electron chi connectivity index (χ4n) is 6.97. The first kappa shape index (κ1) is 30.7. The average molecular weight is 570 g/mol. The van der Waals surface area contributed by atoms with Crippen molar-refractivity contribution in [2.45, 2.75) is 98.3 Å². The molecule has 4 aliphatic rings. The fraction of sp³-hybridized carbons (Fsp3) is 0.667. The molecule has 0 aromatic heterocycles. The minimum absolute atomic E-state index is 0.0873. The Balaban J connectivity index is 1.27. The third-order valence-corrected chi connectivity index (χ3v) is 9.95. The summed E-state index contributed by atoms with van der Waals surface area (Å²) in [6.07, 6.45) is 16.4. The zero-order valence-electron chi connectivity index (χ0n) is 25.3. The number of ether oxygens (including phenoxy) is 2. The quantitative estimate of drug-likeness (QED) is 0.216. The second kappa shape index (κ2) is 12.7. The number of amides is 1. The van der Waals surface area contributed by atoms with Crippen LogP contribution in [0.5, 0.6) is 0 Å². The van der Waals surface area contributed by atoms with Crippen molar-refractivity contribution >= 4 is 29.6 Å². The van der Waals surface area contributed by atoms with Crippen LogP contribution in [0.2, 0.25) is 0 Å². The summed E-state index contributed by atoms with van der Waals surface area (Å²) in [6.45, 7) is 11.6. The monoisotopic (exact) mass is 569 g/mol. The first-order valence-corrected chi connectivity index (χ1v) is 16.3. The lowest BCUT2D eigenvalue weighted by atomic mass is 9.84. The zero-order chi connectivity index (χ0) is 29.2. The Kier molecular flexibility index (Phi) is 9.74. The van der Waals surface area contributed by atoms with Crippen molar-refractivity contribution in [3.63, 3.8) is 0 Å². The number of carbonyl (C=O) groups excluding carboxylic acids is 3. The first-order valence-electron chi connectivity index (χ1n) is 15.0. The zero-order valence-corrected chi connectivity index (χ0v) is 26.1. The summed E-state index contributed by atoms with van der Waals surface area (Å²) in [6, 6.07) is 0. The van der Waals surface area contributed by atoms with Crippen molar-refractivity contribution in [2.75, 3.05) is 6.26 Å². The maximum Gasteiger partial charge on any atom is 0.311 e. The van der Waals surface area contributed by atoms with E-state index in [0.717, 1.165) is 38.5 Å². The van der Waals surface area contributed by atoms with Gasteiger partial charge in [-0.1, -0.05) is 39.0 Å². The summed E-state index contributed by atoms with van der Waals surface area (Å²) in [5.74, 6) is 1.00. The molecule has 0 bridgehead atoms. The Hall–Kier alpha value is -2.28. The molecule has 1 N–H and O–H groups in total. The van der Waals surface area contributed by atoms with Crippen LogP contribution >= 0.6 is 11.8 Å². The van der Waals surface area contributed by atoms with Crippen LogP contribution in [0.3, 0.4) is 0 Å². The van der Waals surface area contributed by atoms with Crippen LogP contribution < -0.4 is 5.32 Å². The predicted octanol–water partition coefficient (Wildman–Crippen LogP) is 6.88. The number of allylic oxidation sites excluding steroid dienone is 6. The van der Waals surface area contributed by atoms with Gasteiger partial charge in [0.2, 0.25) is 12.2 Å². The molecular weight excluding hydrogens is 522 g/mol. The average Bonchev–Trinajstić information content (AvgIpc) is 3.48. The second-order valence-electron chi connectivity index (χ2n) is 12.7. The third-order valence-electron chi connectivity index (χ3n) is 9.14. The summed E-state index contributed by atoms with van der Waals surface area (Å²) in [5, 5.41) is 3.45. The van der Waals surface area contributed by atoms with E-state index in [1.807, 2.05) is 11.8 Å². The topological polar surface area (TPSA) is 81.7 Å². The molecule has 40 heavy (non-hydrogen) atoms. The highest BCUT2D eigenvalue weighted by molar-refractivity contribution is 8.02. The minimum atomic E-state index is -0.867. The third kappa shape index (κ3) is 6.95. The SMILES string of the molecule is CCC1=C(C(C)(C)NC(=O)C2[C@H]3CC(CCC(=O)OC(C)OC(=O)C(C)C)C[C@@H]23)CCC2C=CC=C(SC)C2=C1. The van der Waals surface area contributed by atoms with Crippen molar-refractivity contribution < 1.29 is 23.9 Å². The number of fused-ring (bicyclic) bond motifs is 2. The molecule has 0 aromatic carbocycles. The maximum atomic E-state index is 13.4. The van der Waals surface area contributed by atoms with E-state index in [4.69, 9.17) is 9.47 Å². The lowest BCUT2D eigenvalue weighted by molar-refractivity contribution is -0.186. The molecule has 2 saturated carbocycles. The van der Waals surface area contributed by atoms with Crippen molar-refractivity contribution in [1.29, 1.82) is 0 Å². The van der Waals surface area contributed by atoms with Gasteiger partial charge in [-0.3, -0.25) is 14.4 Å². The van der Waals surface area contributed by atoms with E-state index in [9.17, 15) is 14.4 Å². The molecule has 6 nitrogen and oxygen atoms in total. The molecule has 4 rings (SSSR count). The Bertz CT molecular complexity index is 1120. The standard InChI is InChI=1S/C33H47NO5S/c1-8-22-18-24-23(10-9-11-28(24)40-7)13-14-27(22)33(5,6)34-31(36)30-25-16-21(17-26(25)30)12-15-29(35)38-20(4)39-32(37)19(2)3/h9-11,18-21,23,25-26,30H,8,12-17H2,1-7H3,(H,34,36)/t20?,21?,23?,25-,26+,30?. The molecule has 7 heteroatoms. The van der Waals surface area contributed by atoms with Gasteiger partial charge in [-0.2, -0.15) is 0 Å². The largest absolute Gasteiger partial charge is 0.425 e. The second-order valence-corrected chi connectivity index (χ2v) is 13.6. The van der Waals surface area contributed by atoms with Crippen LogP contribution in [0, 0.1) is 35.5 Å². The number of hydrogen-bond donors (Lipinski definition) is 1. The number of thioether (sulfide) groups is 1. The molecule has 4 unspecified atom stereocenters. The van der Waals surface area contributed by atoms with Gasteiger partial charge in [0.15, 0.2) is 0 Å². The molecule has 4 aliphatic carbocycles. The van der Waals surface area contributed by atoms with Crippen molar-refractivity contribution in [3.05, 3.63) is 45.9 Å². The predicted molar refractivity (Wildman–Crippen MR) is 160 cm³/mol. The highest BCUT2D eigenvalue weighted by Gasteiger charge is 2.59. The van der Waals surface area contributed by atoms with Crippen molar-refractivity contribution in [1.82, 2.24) is 5.32 Å². The fourth-order valence-corrected chi connectivity index (χ4v) is 7.64. The molecule has 0 aliphatic heterocycles. The highest BCUT2D eigenvalue weighted by Crippen LogP contribution is 2.60. The molecule has 1 amide bonds. The van der Waals surface area contributed by atoms with E-state index in [1.54, 1.807) is 20.8 Å². The van der Waals surface area contributed by atoms with Crippen LogP contribution in [0.15, 0.2) is 45.9 Å². The van der Waals surface area contributed by atoms with Crippen LogP contribution in [-0.2, 0) is 23.9 Å². The van der Waals surface area contributed by atoms with E-state index < -0.39 is 11.8 Å². The smallest absolute Gasteiger partial charge is 0.311 e. The number of esters is 2. The van der Waals surface area contributed by atoms with Gasteiger partial charge >= 0.3 is 11.9 Å². The van der Waals surface area contributed by atoms with Crippen molar-refractivity contribution in [3.8, 4) is 0 Å². The highest BCUT2D eigenvalue weighted by atomic mass is 32.2. The molecule has 0 aromatic rings. The maximum absolute atomic E-state index is 13.4. The Morgan fingerprint density at radius 2 is 1.82 bits per heavy atom. The van der Waals surface area contributed by atoms with Crippen LogP contribution in [-0.4, -0.2) is 35.9 Å². The van der Waals surface area contributed by atoms with Gasteiger partial charge in [0.25, 0.3) is 0 Å². The molecule has 220 valence electrons. The van der Waals surface area contributed by atoms with Gasteiger partial charge in [0.05, 0.1) is 11.5 Å². The number of hydrogen-bond acceptors (Lipinski definition) is 6. The molecule has 0 saturated heterocycles. The molecule has 2 fully saturated rings. The summed E-state index contributed by atoms with van der Waals surface area (Å²) in [7, 11) is 0. The first-order chi connectivity index (χ1) is 18.9. The van der Waals surface area contributed by atoms with E-state index in [-0.39, 0.29) is 29.7 Å². The van der Waals surface area contributed by atoms with Gasteiger partial charge in [0.1, 0.15) is 0 Å². The molecule has 0 heterocycles. The summed E-state index contributed by atoms with van der Waals surface area (Å²) in [4.78, 5) is 38.7. The van der Waals surface area contributed by atoms with Gasteiger partial charge in [0, 0.05) is 30.1 Å². The van der Waals surface area contributed by atoms with E-state index in [2.05, 4.69) is 56.6 Å². The normalized spacial score (nSPS) is 28.1. The number of carbonyl (C=O) groups is 3. The van der Waals surface area contributed by atoms with Gasteiger partial charge < -0.3 is 14.8 Å². The lowest BCUT2D eigenvalue weighted by Crippen LogP contribution is -2.46. The summed E-state index contributed by atoms with van der Waals surface area (Å²) < 4.78 is 10.4. The summed E-state index contributed by atoms with van der Waals surface area (Å²) in [5.41, 5.74) is 3.74. The van der Waals surface area contributed by atoms with E-state index in [1.165, 1.54) is 21.6 Å². The molecule has 6 atom stereocenters. The number of nitrogens with one attached hydrogen (secondary N) is 1. The Morgan fingerprint density at radius 1 is 1.12 bits per heavy atom. The Morgan fingerprint density at radius 3 is 2.45 bits per heavy atom. The van der Waals surface area contributed by atoms with E-state index in [0.29, 0.717) is 30.1 Å². The van der Waals surface area contributed by atoms with Gasteiger partial charge in [-0.25, -0.2) is 0 Å². The number of rotatable bonds is 11. The van der Waals surface area contributed by atoms with Gasteiger partial charge in [-0.05, 0) is 99.2 Å². The molecule has 0 spiro atoms. The van der Waals surface area contributed by atoms with Crippen LogP contribution in [0.25, 0.3) is 0 Å². The van der Waals surface area contributed by atoms with Crippen LogP contribution in [0.1, 0.15) is 86.5 Å².